The first-order chi connectivity index (χ1) is 44.7. The summed E-state index contributed by atoms with van der Waals surface area (Å²) in [6.07, 6.45) is 0. The van der Waals surface area contributed by atoms with E-state index in [1.165, 1.54) is 123 Å². The van der Waals surface area contributed by atoms with Gasteiger partial charge in [0.1, 0.15) is 0 Å². The van der Waals surface area contributed by atoms with E-state index in [4.69, 9.17) is 0 Å². The van der Waals surface area contributed by atoms with Crippen molar-refractivity contribution in [1.82, 2.24) is 9.13 Å². The molecule has 2 aliphatic heterocycles. The highest BCUT2D eigenvalue weighted by Gasteiger charge is 2.56. The van der Waals surface area contributed by atoms with Gasteiger partial charge in [-0.25, -0.2) is 0 Å². The van der Waals surface area contributed by atoms with E-state index in [-0.39, 0.29) is 0 Å². The Morgan fingerprint density at radius 3 is 1.12 bits per heavy atom. The van der Waals surface area contributed by atoms with Crippen molar-refractivity contribution >= 4 is 147 Å². The molecule has 0 N–H and O–H groups in total. The van der Waals surface area contributed by atoms with E-state index >= 15 is 0 Å². The van der Waals surface area contributed by atoms with Crippen molar-refractivity contribution in [3.05, 3.63) is 358 Å². The van der Waals surface area contributed by atoms with Gasteiger partial charge < -0.3 is 14.0 Å². The van der Waals surface area contributed by atoms with E-state index in [9.17, 15) is 0 Å². The second kappa shape index (κ2) is 20.6. The van der Waals surface area contributed by atoms with Crippen LogP contribution in [0.4, 0.5) is 17.1 Å². The lowest BCUT2D eigenvalue weighted by atomic mass is 10.1. The predicted molar refractivity (Wildman–Crippen MR) is 388 cm³/mol. The van der Waals surface area contributed by atoms with Crippen molar-refractivity contribution < 1.29 is 0 Å². The Labute approximate surface area is 527 Å². The number of fused-ring (bicyclic) bond motifs is 10. The van der Waals surface area contributed by atoms with E-state index in [0.29, 0.717) is 0 Å². The van der Waals surface area contributed by atoms with Gasteiger partial charge in [-0.15, -0.1) is 0 Å². The van der Waals surface area contributed by atoms with Crippen molar-refractivity contribution in [2.45, 2.75) is 0 Å². The fraction of sp³-hybridized carbons (Fsp3) is 0. The van der Waals surface area contributed by atoms with Crippen LogP contribution in [0.25, 0.3) is 55.0 Å². The zero-order valence-corrected chi connectivity index (χ0v) is 52.4. The summed E-state index contributed by atoms with van der Waals surface area (Å²) in [6, 6.07) is 137. The summed E-state index contributed by atoms with van der Waals surface area (Å²) in [5.74, 6) is 0. The molecule has 2 aromatic heterocycles. The molecule has 0 aliphatic carbocycles. The van der Waals surface area contributed by atoms with Crippen LogP contribution in [0.2, 0.25) is 0 Å². The van der Waals surface area contributed by atoms with E-state index in [1.807, 2.05) is 0 Å². The molecule has 90 heavy (non-hydrogen) atoms. The van der Waals surface area contributed by atoms with Crippen LogP contribution in [0.15, 0.2) is 358 Å². The zero-order valence-electron chi connectivity index (χ0n) is 49.4. The van der Waals surface area contributed by atoms with Crippen molar-refractivity contribution in [3.8, 4) is 11.4 Å². The van der Waals surface area contributed by atoms with Crippen molar-refractivity contribution in [1.29, 1.82) is 0 Å². The first-order valence-electron chi connectivity index (χ1n) is 31.3. The first kappa shape index (κ1) is 52.3. The molecule has 14 aromatic carbocycles. The minimum absolute atomic E-state index is 1.15. The molecule has 0 bridgehead atoms. The van der Waals surface area contributed by atoms with E-state index in [1.54, 1.807) is 0 Å². The van der Waals surface area contributed by atoms with Gasteiger partial charge in [-0.05, 0) is 123 Å². The van der Waals surface area contributed by atoms with E-state index < -0.39 is 24.2 Å². The minimum atomic E-state index is -3.32. The summed E-state index contributed by atoms with van der Waals surface area (Å²) < 4.78 is 5.09. The highest BCUT2D eigenvalue weighted by molar-refractivity contribution is 7.25. The average molecular weight is 1190 g/mol. The molecule has 0 amide bonds. The van der Waals surface area contributed by atoms with Crippen LogP contribution in [0.3, 0.4) is 0 Å². The number of hydrogen-bond donors (Lipinski definition) is 0. The Morgan fingerprint density at radius 2 is 0.600 bits per heavy atom. The predicted octanol–water partition coefficient (Wildman–Crippen LogP) is 12.1. The summed E-state index contributed by atoms with van der Waals surface area (Å²) in [5, 5.41) is 21.4. The molecule has 6 heteroatoms. The zero-order chi connectivity index (χ0) is 59.4. The Morgan fingerprint density at radius 1 is 0.222 bits per heavy atom. The van der Waals surface area contributed by atoms with Crippen LogP contribution in [0.1, 0.15) is 0 Å². The smallest absolute Gasteiger partial charge is 0.184 e. The summed E-state index contributed by atoms with van der Waals surface area (Å²) in [5.41, 5.74) is 10.9. The summed E-state index contributed by atoms with van der Waals surface area (Å²) in [6.45, 7) is 0. The molecule has 0 saturated heterocycles. The van der Waals surface area contributed by atoms with Gasteiger partial charge in [0.25, 0.3) is 0 Å². The molecular formula is C84H59N3Si3. The maximum Gasteiger partial charge on any atom is 0.184 e. The Balaban J connectivity index is 0.935. The minimum Gasteiger partial charge on any atom is -0.311 e. The quantitative estimate of drug-likeness (QED) is 0.0982. The van der Waals surface area contributed by atoms with Gasteiger partial charge in [0.15, 0.2) is 24.2 Å². The van der Waals surface area contributed by atoms with Gasteiger partial charge >= 0.3 is 0 Å². The molecular weight excluding hydrogens is 1140 g/mol. The number of anilines is 3. The van der Waals surface area contributed by atoms with Crippen molar-refractivity contribution in [3.63, 3.8) is 0 Å². The number of nitrogens with zero attached hydrogens (tertiary/aromatic N) is 3. The van der Waals surface area contributed by atoms with Crippen LogP contribution >= 0.6 is 0 Å². The molecule has 1 atom stereocenters. The topological polar surface area (TPSA) is 13.1 Å². The highest BCUT2D eigenvalue weighted by Crippen LogP contribution is 2.43. The van der Waals surface area contributed by atoms with Crippen LogP contribution < -0.4 is 67.1 Å². The molecule has 0 fully saturated rings. The standard InChI is InChI=1S/C84H59N3Si3/c1-7-30-62(31-8-1)88(63-32-9-2-10-33-63,64-34-11-3-12-35-64)69-54-55-73-72-45-21-24-48-76(72)86(79(73)59-69)61-53-56-78-83(58-61)89(65-36-13-4-14-37-65,66-38-15-5-16-39-66)81-51-28-52-82-84(81)87(78)77-49-25-26-50-80(77)90(82,67-40-17-6-18-41-67)68-42-27-29-60(57-68)85-74-46-22-19-43-70(74)71-44-20-23-47-75(71)85/h1-59H. The fourth-order valence-corrected chi connectivity index (χ4v) is 31.6. The number of aromatic nitrogens is 2. The van der Waals surface area contributed by atoms with Crippen molar-refractivity contribution in [2.24, 2.45) is 0 Å². The Bertz CT molecular complexity index is 5250. The van der Waals surface area contributed by atoms with Crippen LogP contribution in [-0.4, -0.2) is 33.4 Å². The molecule has 1 unspecified atom stereocenters. The average Bonchev–Trinajstić information content (AvgIpc) is 0.810. The second-order valence-electron chi connectivity index (χ2n) is 24.2. The lowest BCUT2D eigenvalue weighted by Crippen LogP contribution is -2.82. The lowest BCUT2D eigenvalue weighted by molar-refractivity contribution is 1.18. The molecule has 0 radical (unpaired) electrons. The monoisotopic (exact) mass is 1190 g/mol. The maximum atomic E-state index is 2.70. The van der Waals surface area contributed by atoms with Crippen LogP contribution in [-0.2, 0) is 0 Å². The number of rotatable bonds is 10. The molecule has 4 heterocycles. The third kappa shape index (κ3) is 7.32. The normalized spacial score (nSPS) is 14.8. The van der Waals surface area contributed by atoms with E-state index in [0.717, 1.165) is 11.4 Å². The first-order valence-corrected chi connectivity index (χ1v) is 37.3. The van der Waals surface area contributed by atoms with Gasteiger partial charge in [0.2, 0.25) is 0 Å². The number of hydrogen-bond acceptors (Lipinski definition) is 1. The third-order valence-electron chi connectivity index (χ3n) is 20.0. The maximum absolute atomic E-state index is 3.32. The van der Waals surface area contributed by atoms with Gasteiger partial charge in [-0.3, -0.25) is 0 Å². The molecule has 16 aromatic rings. The molecule has 422 valence electrons. The molecule has 18 rings (SSSR count). The van der Waals surface area contributed by atoms with Gasteiger partial charge in [-0.1, -0.05) is 297 Å². The summed E-state index contributed by atoms with van der Waals surface area (Å²) >= 11 is 0. The molecule has 0 spiro atoms. The highest BCUT2D eigenvalue weighted by atomic mass is 28.3. The molecule has 2 aliphatic rings. The van der Waals surface area contributed by atoms with E-state index in [2.05, 4.69) is 372 Å². The number of benzene rings is 14. The van der Waals surface area contributed by atoms with Crippen molar-refractivity contribution in [2.75, 3.05) is 4.90 Å². The van der Waals surface area contributed by atoms with Crippen LogP contribution in [0, 0.1) is 0 Å². The van der Waals surface area contributed by atoms with Gasteiger partial charge in [0.05, 0.1) is 22.1 Å². The molecule has 0 saturated carbocycles. The fourth-order valence-electron chi connectivity index (χ4n) is 16.5. The van der Waals surface area contributed by atoms with Gasteiger partial charge in [0, 0.05) is 50.0 Å². The number of para-hydroxylation sites is 5. The SMILES string of the molecule is c1ccc([Si](c2ccccc2)(c2ccccc2)c2ccc3c4ccccc4n(-c4ccc5c(c4)[Si](c4ccccc4)(c4ccccc4)c4cccc6c4N5c4ccccc4[Si]6(c4ccccc4)c4cccc(-n5c6ccccc6c6ccccc65)c4)c3c2)cc1. The summed E-state index contributed by atoms with van der Waals surface area (Å²) in [7, 11) is -9.48. The summed E-state index contributed by atoms with van der Waals surface area (Å²) in [4.78, 5) is 2.70. The largest absolute Gasteiger partial charge is 0.311 e. The van der Waals surface area contributed by atoms with Gasteiger partial charge in [-0.2, -0.15) is 0 Å². The Hall–Kier alpha value is -10.9. The Kier molecular flexibility index (Phi) is 12.0. The van der Waals surface area contributed by atoms with Crippen LogP contribution in [0.5, 0.6) is 0 Å². The molecule has 3 nitrogen and oxygen atoms in total. The lowest BCUT2D eigenvalue weighted by Gasteiger charge is -2.52. The third-order valence-corrected chi connectivity index (χ3v) is 34.4. The second-order valence-corrected chi connectivity index (χ2v) is 35.5.